The van der Waals surface area contributed by atoms with Crippen molar-refractivity contribution in [2.24, 2.45) is 0 Å². The molecule has 1 fully saturated rings. The summed E-state index contributed by atoms with van der Waals surface area (Å²) < 4.78 is 27.2. The Morgan fingerprint density at radius 1 is 1.19 bits per heavy atom. The molecule has 0 saturated carbocycles. The number of aromatic nitrogens is 3. The molecule has 31 heavy (non-hydrogen) atoms. The van der Waals surface area contributed by atoms with Gasteiger partial charge in [0.2, 0.25) is 0 Å². The van der Waals surface area contributed by atoms with Crippen LogP contribution >= 0.6 is 11.3 Å². The van der Waals surface area contributed by atoms with E-state index in [1.165, 1.54) is 23.5 Å². The van der Waals surface area contributed by atoms with Crippen LogP contribution in [0.4, 0.5) is 26.0 Å². The molecule has 10 heteroatoms. The number of anilines is 3. The van der Waals surface area contributed by atoms with E-state index in [-0.39, 0.29) is 11.6 Å². The lowest BCUT2D eigenvalue weighted by Gasteiger charge is -2.29. The van der Waals surface area contributed by atoms with E-state index in [9.17, 15) is 13.6 Å². The number of thiazole rings is 1. The molecular formula is C21H20F2N6OS. The standard InChI is InChI=1S/C21H20F2N6OS/c22-12-2-1-6-28(11-12)18-10-25-17(9-26-18)20-27-16-5-7-29(21(30)19(16)31-20)13-3-4-14(23)15(24)8-13/h3-4,8-10,12H,1-2,5-7,11,24H2. The first-order chi connectivity index (χ1) is 15.0. The number of amides is 1. The number of nitrogen functional groups attached to an aromatic ring is 1. The van der Waals surface area contributed by atoms with E-state index in [2.05, 4.69) is 15.0 Å². The van der Waals surface area contributed by atoms with E-state index in [1.54, 1.807) is 23.4 Å². The summed E-state index contributed by atoms with van der Waals surface area (Å²) in [7, 11) is 0. The van der Waals surface area contributed by atoms with Gasteiger partial charge in [0.1, 0.15) is 33.4 Å². The second-order valence-corrected chi connectivity index (χ2v) is 8.65. The maximum atomic E-state index is 13.7. The van der Waals surface area contributed by atoms with Crippen molar-refractivity contribution in [3.05, 3.63) is 47.0 Å². The van der Waals surface area contributed by atoms with E-state index < -0.39 is 12.0 Å². The van der Waals surface area contributed by atoms with Crippen molar-refractivity contribution in [2.45, 2.75) is 25.4 Å². The van der Waals surface area contributed by atoms with Crippen LogP contribution in [0.2, 0.25) is 0 Å². The second-order valence-electron chi connectivity index (χ2n) is 7.65. The average Bonchev–Trinajstić information content (AvgIpc) is 3.22. The van der Waals surface area contributed by atoms with Crippen LogP contribution in [-0.2, 0) is 6.42 Å². The van der Waals surface area contributed by atoms with Crippen molar-refractivity contribution >= 4 is 34.4 Å². The Kier molecular flexibility index (Phi) is 5.01. The molecule has 0 radical (unpaired) electrons. The number of nitrogens with two attached hydrogens (primary N) is 1. The fraction of sp³-hybridized carbons (Fsp3) is 0.333. The Morgan fingerprint density at radius 2 is 2.06 bits per heavy atom. The quantitative estimate of drug-likeness (QED) is 0.625. The smallest absolute Gasteiger partial charge is 0.270 e. The number of piperidine rings is 1. The van der Waals surface area contributed by atoms with Gasteiger partial charge in [0.15, 0.2) is 0 Å². The minimum absolute atomic E-state index is 0.00393. The van der Waals surface area contributed by atoms with Gasteiger partial charge in [-0.2, -0.15) is 0 Å². The Morgan fingerprint density at radius 3 is 2.81 bits per heavy atom. The van der Waals surface area contributed by atoms with E-state index in [0.717, 1.165) is 18.7 Å². The monoisotopic (exact) mass is 442 g/mol. The number of carbonyl (C=O) groups is 1. The van der Waals surface area contributed by atoms with Crippen LogP contribution in [0.3, 0.4) is 0 Å². The number of hydrogen-bond donors (Lipinski definition) is 1. The van der Waals surface area contributed by atoms with Crippen LogP contribution in [0.1, 0.15) is 28.2 Å². The van der Waals surface area contributed by atoms with Gasteiger partial charge in [0.25, 0.3) is 5.91 Å². The van der Waals surface area contributed by atoms with Crippen LogP contribution < -0.4 is 15.5 Å². The maximum Gasteiger partial charge on any atom is 0.270 e. The Balaban J connectivity index is 1.38. The van der Waals surface area contributed by atoms with Gasteiger partial charge in [-0.1, -0.05) is 0 Å². The van der Waals surface area contributed by atoms with Crippen LogP contribution in [0.5, 0.6) is 0 Å². The number of carbonyl (C=O) groups excluding carboxylic acids is 1. The van der Waals surface area contributed by atoms with Crippen molar-refractivity contribution in [1.29, 1.82) is 0 Å². The Bertz CT molecular complexity index is 1140. The SMILES string of the molecule is Nc1cc(N2CCc3nc(-c4cnc(N5CCCC(F)C5)cn4)sc3C2=O)ccc1F. The average molecular weight is 442 g/mol. The van der Waals surface area contributed by atoms with Gasteiger partial charge in [0.05, 0.1) is 30.3 Å². The summed E-state index contributed by atoms with van der Waals surface area (Å²) in [6, 6.07) is 4.27. The summed E-state index contributed by atoms with van der Waals surface area (Å²) in [6.07, 6.45) is 4.36. The Labute approximate surface area is 181 Å². The molecule has 0 aliphatic carbocycles. The lowest BCUT2D eigenvalue weighted by molar-refractivity contribution is 0.0984. The molecule has 1 amide bonds. The zero-order chi connectivity index (χ0) is 21.5. The van der Waals surface area contributed by atoms with E-state index in [1.807, 2.05) is 4.90 Å². The molecule has 2 aromatic heterocycles. The molecule has 160 valence electrons. The molecule has 4 heterocycles. The highest BCUT2D eigenvalue weighted by atomic mass is 32.1. The van der Waals surface area contributed by atoms with Crippen molar-refractivity contribution in [1.82, 2.24) is 15.0 Å². The number of hydrogen-bond acceptors (Lipinski definition) is 7. The number of halogens is 2. The van der Waals surface area contributed by atoms with Gasteiger partial charge in [-0.15, -0.1) is 11.3 Å². The van der Waals surface area contributed by atoms with E-state index in [0.29, 0.717) is 53.0 Å². The first-order valence-electron chi connectivity index (χ1n) is 10.1. The third-order valence-corrected chi connectivity index (χ3v) is 6.65. The second kappa shape index (κ2) is 7.84. The molecular weight excluding hydrogens is 422 g/mol. The van der Waals surface area contributed by atoms with Gasteiger partial charge in [-0.05, 0) is 31.0 Å². The molecule has 7 nitrogen and oxygen atoms in total. The van der Waals surface area contributed by atoms with E-state index >= 15 is 0 Å². The van der Waals surface area contributed by atoms with E-state index in [4.69, 9.17) is 5.73 Å². The molecule has 3 aromatic rings. The van der Waals surface area contributed by atoms with Crippen LogP contribution in [-0.4, -0.2) is 46.7 Å². The van der Waals surface area contributed by atoms with Crippen molar-refractivity contribution in [2.75, 3.05) is 35.2 Å². The summed E-state index contributed by atoms with van der Waals surface area (Å²) in [5.41, 5.74) is 7.51. The highest BCUT2D eigenvalue weighted by molar-refractivity contribution is 7.17. The summed E-state index contributed by atoms with van der Waals surface area (Å²) in [4.78, 5) is 30.5. The van der Waals surface area contributed by atoms with Crippen molar-refractivity contribution in [3.63, 3.8) is 0 Å². The van der Waals surface area contributed by atoms with Gasteiger partial charge < -0.3 is 15.5 Å². The van der Waals surface area contributed by atoms with Gasteiger partial charge >= 0.3 is 0 Å². The zero-order valence-electron chi connectivity index (χ0n) is 16.6. The van der Waals surface area contributed by atoms with Gasteiger partial charge in [0, 0.05) is 25.2 Å². The highest BCUT2D eigenvalue weighted by Crippen LogP contribution is 2.33. The molecule has 1 saturated heterocycles. The van der Waals surface area contributed by atoms with Crippen molar-refractivity contribution < 1.29 is 13.6 Å². The molecule has 2 aliphatic heterocycles. The zero-order valence-corrected chi connectivity index (χ0v) is 17.4. The molecule has 2 N–H and O–H groups in total. The largest absolute Gasteiger partial charge is 0.396 e. The molecule has 1 unspecified atom stereocenters. The third kappa shape index (κ3) is 3.71. The minimum atomic E-state index is -0.841. The van der Waals surface area contributed by atoms with Crippen LogP contribution in [0.15, 0.2) is 30.6 Å². The number of benzene rings is 1. The Hall–Kier alpha value is -3.14. The summed E-state index contributed by atoms with van der Waals surface area (Å²) >= 11 is 1.26. The molecule has 5 rings (SSSR count). The number of alkyl halides is 1. The molecule has 0 bridgehead atoms. The predicted octanol–water partition coefficient (Wildman–Crippen LogP) is 3.46. The molecule has 0 spiro atoms. The summed E-state index contributed by atoms with van der Waals surface area (Å²) in [5.74, 6) is -0.0611. The molecule has 1 atom stereocenters. The molecule has 2 aliphatic rings. The number of rotatable bonds is 3. The summed E-state index contributed by atoms with van der Waals surface area (Å²) in [5, 5.41) is 0.611. The fourth-order valence-corrected chi connectivity index (χ4v) is 4.94. The fourth-order valence-electron chi connectivity index (χ4n) is 3.91. The van der Waals surface area contributed by atoms with Crippen LogP contribution in [0.25, 0.3) is 10.7 Å². The minimum Gasteiger partial charge on any atom is -0.396 e. The summed E-state index contributed by atoms with van der Waals surface area (Å²) in [6.45, 7) is 1.53. The molecule has 1 aromatic carbocycles. The van der Waals surface area contributed by atoms with Gasteiger partial charge in [-0.3, -0.25) is 4.79 Å². The number of nitrogens with zero attached hydrogens (tertiary/aromatic N) is 5. The predicted molar refractivity (Wildman–Crippen MR) is 116 cm³/mol. The lowest BCUT2D eigenvalue weighted by atomic mass is 10.1. The maximum absolute atomic E-state index is 13.7. The lowest BCUT2D eigenvalue weighted by Crippen LogP contribution is -2.37. The topological polar surface area (TPSA) is 88.2 Å². The highest BCUT2D eigenvalue weighted by Gasteiger charge is 2.30. The third-order valence-electron chi connectivity index (χ3n) is 5.55. The normalized spacial score (nSPS) is 18.9. The van der Waals surface area contributed by atoms with Crippen LogP contribution in [0, 0.1) is 5.82 Å². The van der Waals surface area contributed by atoms with Gasteiger partial charge in [-0.25, -0.2) is 23.7 Å². The van der Waals surface area contributed by atoms with Crippen molar-refractivity contribution in [3.8, 4) is 10.7 Å². The first-order valence-corrected chi connectivity index (χ1v) is 10.9. The number of fused-ring (bicyclic) bond motifs is 1. The first kappa shape index (κ1) is 19.8.